The Morgan fingerprint density at radius 1 is 1.26 bits per heavy atom. The van der Waals surface area contributed by atoms with E-state index in [-0.39, 0.29) is 0 Å². The lowest BCUT2D eigenvalue weighted by Gasteiger charge is -2.06. The van der Waals surface area contributed by atoms with Crippen molar-refractivity contribution in [1.82, 2.24) is 15.0 Å². The molecule has 96 valence electrons. The fourth-order valence-corrected chi connectivity index (χ4v) is 2.73. The second-order valence-corrected chi connectivity index (χ2v) is 5.40. The second-order valence-electron chi connectivity index (χ2n) is 4.23. The Labute approximate surface area is 124 Å². The maximum Gasteiger partial charge on any atom is 0.225 e. The maximum absolute atomic E-state index is 5.33. The highest BCUT2D eigenvalue weighted by atomic mass is 127. The van der Waals surface area contributed by atoms with Crippen LogP contribution in [0.4, 0.5) is 0 Å². The van der Waals surface area contributed by atoms with E-state index >= 15 is 0 Å². The molecule has 0 bridgehead atoms. The number of aromatic amines is 1. The van der Waals surface area contributed by atoms with Gasteiger partial charge >= 0.3 is 0 Å². The molecule has 0 unspecified atom stereocenters. The number of nitrogens with one attached hydrogen (secondary N) is 1. The maximum atomic E-state index is 5.33. The standard InChI is InChI=1S/C14H12IN3O/c1-8-4-3-5-10-12(8)18-13(17-10)11-9(15)6-7-16-14(11)19-2/h3-7H,1-2H3,(H,17,18). The van der Waals surface area contributed by atoms with Gasteiger partial charge in [-0.15, -0.1) is 0 Å². The van der Waals surface area contributed by atoms with E-state index in [9.17, 15) is 0 Å². The predicted octanol–water partition coefficient (Wildman–Crippen LogP) is 3.55. The van der Waals surface area contributed by atoms with Crippen LogP contribution in [0.1, 0.15) is 5.56 Å². The van der Waals surface area contributed by atoms with Gasteiger partial charge < -0.3 is 9.72 Å². The van der Waals surface area contributed by atoms with E-state index in [2.05, 4.69) is 50.5 Å². The molecule has 3 rings (SSSR count). The zero-order valence-electron chi connectivity index (χ0n) is 10.6. The lowest BCUT2D eigenvalue weighted by atomic mass is 10.2. The highest BCUT2D eigenvalue weighted by molar-refractivity contribution is 14.1. The van der Waals surface area contributed by atoms with Crippen LogP contribution in [0.15, 0.2) is 30.5 Å². The molecule has 0 radical (unpaired) electrons. The highest BCUT2D eigenvalue weighted by Crippen LogP contribution is 2.32. The number of aryl methyl sites for hydroxylation is 1. The van der Waals surface area contributed by atoms with Gasteiger partial charge in [-0.3, -0.25) is 0 Å². The lowest BCUT2D eigenvalue weighted by Crippen LogP contribution is -1.95. The van der Waals surface area contributed by atoms with Gasteiger partial charge in [0.15, 0.2) is 0 Å². The summed E-state index contributed by atoms with van der Waals surface area (Å²) >= 11 is 2.27. The summed E-state index contributed by atoms with van der Waals surface area (Å²) < 4.78 is 6.39. The van der Waals surface area contributed by atoms with Crippen LogP contribution in [0.3, 0.4) is 0 Å². The Kier molecular flexibility index (Phi) is 3.14. The van der Waals surface area contributed by atoms with E-state index in [0.29, 0.717) is 5.88 Å². The van der Waals surface area contributed by atoms with Gasteiger partial charge in [-0.1, -0.05) is 12.1 Å². The summed E-state index contributed by atoms with van der Waals surface area (Å²) in [6.45, 7) is 2.05. The number of H-pyrrole nitrogens is 1. The fourth-order valence-electron chi connectivity index (χ4n) is 2.08. The van der Waals surface area contributed by atoms with Gasteiger partial charge in [0.05, 0.1) is 23.7 Å². The summed E-state index contributed by atoms with van der Waals surface area (Å²) in [5.41, 5.74) is 4.06. The van der Waals surface area contributed by atoms with Crippen molar-refractivity contribution in [2.24, 2.45) is 0 Å². The molecule has 3 aromatic rings. The third-order valence-electron chi connectivity index (χ3n) is 3.01. The quantitative estimate of drug-likeness (QED) is 0.707. The Bertz CT molecular complexity index is 752. The molecule has 2 aromatic heterocycles. The van der Waals surface area contributed by atoms with Crippen LogP contribution in [0, 0.1) is 10.5 Å². The van der Waals surface area contributed by atoms with Crippen molar-refractivity contribution in [1.29, 1.82) is 0 Å². The lowest BCUT2D eigenvalue weighted by molar-refractivity contribution is 0.399. The fraction of sp³-hybridized carbons (Fsp3) is 0.143. The van der Waals surface area contributed by atoms with Gasteiger partial charge in [0.2, 0.25) is 5.88 Å². The van der Waals surface area contributed by atoms with Crippen molar-refractivity contribution in [3.63, 3.8) is 0 Å². The molecule has 0 aliphatic rings. The predicted molar refractivity (Wildman–Crippen MR) is 83.3 cm³/mol. The van der Waals surface area contributed by atoms with E-state index in [4.69, 9.17) is 4.74 Å². The van der Waals surface area contributed by atoms with Gasteiger partial charge in [-0.25, -0.2) is 9.97 Å². The van der Waals surface area contributed by atoms with Crippen molar-refractivity contribution in [2.75, 3.05) is 7.11 Å². The number of nitrogens with zero attached hydrogens (tertiary/aromatic N) is 2. The second kappa shape index (κ2) is 4.80. The summed E-state index contributed by atoms with van der Waals surface area (Å²) in [5, 5.41) is 0. The molecule has 4 nitrogen and oxygen atoms in total. The number of fused-ring (bicyclic) bond motifs is 1. The summed E-state index contributed by atoms with van der Waals surface area (Å²) in [7, 11) is 1.62. The van der Waals surface area contributed by atoms with Crippen molar-refractivity contribution in [3.8, 4) is 17.3 Å². The van der Waals surface area contributed by atoms with Crippen molar-refractivity contribution >= 4 is 33.6 Å². The SMILES string of the molecule is COc1nccc(I)c1-c1nc2c(C)cccc2[nH]1. The van der Waals surface area contributed by atoms with Gasteiger partial charge in [0, 0.05) is 9.77 Å². The summed E-state index contributed by atoms with van der Waals surface area (Å²) in [6.07, 6.45) is 1.73. The summed E-state index contributed by atoms with van der Waals surface area (Å²) in [4.78, 5) is 12.2. The normalized spacial score (nSPS) is 10.9. The van der Waals surface area contributed by atoms with Crippen LogP contribution in [0.2, 0.25) is 0 Å². The molecule has 0 aliphatic carbocycles. The minimum Gasteiger partial charge on any atom is -0.480 e. The van der Waals surface area contributed by atoms with E-state index in [1.165, 1.54) is 0 Å². The van der Waals surface area contributed by atoms with Crippen LogP contribution in [-0.4, -0.2) is 22.1 Å². The molecule has 0 saturated carbocycles. The number of hydrogen-bond acceptors (Lipinski definition) is 3. The molecule has 0 spiro atoms. The molecule has 0 fully saturated rings. The van der Waals surface area contributed by atoms with Gasteiger partial charge in [0.25, 0.3) is 0 Å². The number of benzene rings is 1. The first-order chi connectivity index (χ1) is 9.20. The molecule has 0 saturated heterocycles. The molecule has 1 N–H and O–H groups in total. The zero-order chi connectivity index (χ0) is 13.4. The molecule has 2 heterocycles. The van der Waals surface area contributed by atoms with Crippen LogP contribution < -0.4 is 4.74 Å². The number of aromatic nitrogens is 3. The molecule has 0 amide bonds. The smallest absolute Gasteiger partial charge is 0.225 e. The third kappa shape index (κ3) is 2.07. The molecule has 1 aromatic carbocycles. The number of ether oxygens (including phenoxy) is 1. The molecule has 19 heavy (non-hydrogen) atoms. The van der Waals surface area contributed by atoms with Gasteiger partial charge in [-0.2, -0.15) is 0 Å². The molecular formula is C14H12IN3O. The minimum atomic E-state index is 0.587. The average molecular weight is 365 g/mol. The Morgan fingerprint density at radius 2 is 2.11 bits per heavy atom. The number of halogens is 1. The molecular weight excluding hydrogens is 353 g/mol. The number of hydrogen-bond donors (Lipinski definition) is 1. The van der Waals surface area contributed by atoms with Crippen molar-refractivity contribution < 1.29 is 4.74 Å². The van der Waals surface area contributed by atoms with E-state index < -0.39 is 0 Å². The van der Waals surface area contributed by atoms with Crippen molar-refractivity contribution in [2.45, 2.75) is 6.92 Å². The number of imidazole rings is 1. The third-order valence-corrected chi connectivity index (χ3v) is 3.91. The number of para-hydroxylation sites is 1. The average Bonchev–Trinajstić information content (AvgIpc) is 2.83. The highest BCUT2D eigenvalue weighted by Gasteiger charge is 2.15. The molecule has 0 aliphatic heterocycles. The van der Waals surface area contributed by atoms with E-state index in [1.54, 1.807) is 13.3 Å². The van der Waals surface area contributed by atoms with E-state index in [0.717, 1.165) is 31.6 Å². The van der Waals surface area contributed by atoms with Crippen LogP contribution in [0.25, 0.3) is 22.4 Å². The Morgan fingerprint density at radius 3 is 2.84 bits per heavy atom. The molecule has 5 heteroatoms. The van der Waals surface area contributed by atoms with Crippen LogP contribution in [-0.2, 0) is 0 Å². The Balaban J connectivity index is 2.28. The Hall–Kier alpha value is -1.63. The number of rotatable bonds is 2. The van der Waals surface area contributed by atoms with Gasteiger partial charge in [-0.05, 0) is 47.2 Å². The molecule has 0 atom stereocenters. The summed E-state index contributed by atoms with van der Waals surface area (Å²) in [5.74, 6) is 1.38. The monoisotopic (exact) mass is 365 g/mol. The number of pyridine rings is 1. The largest absolute Gasteiger partial charge is 0.480 e. The topological polar surface area (TPSA) is 50.8 Å². The van der Waals surface area contributed by atoms with Gasteiger partial charge in [0.1, 0.15) is 5.82 Å². The minimum absolute atomic E-state index is 0.587. The van der Waals surface area contributed by atoms with E-state index in [1.807, 2.05) is 18.2 Å². The first-order valence-electron chi connectivity index (χ1n) is 5.85. The first kappa shape index (κ1) is 12.4. The summed E-state index contributed by atoms with van der Waals surface area (Å²) in [6, 6.07) is 8.04. The number of methoxy groups -OCH3 is 1. The van der Waals surface area contributed by atoms with Crippen LogP contribution in [0.5, 0.6) is 5.88 Å². The van der Waals surface area contributed by atoms with Crippen molar-refractivity contribution in [3.05, 3.63) is 39.6 Å². The zero-order valence-corrected chi connectivity index (χ0v) is 12.7. The van der Waals surface area contributed by atoms with Crippen LogP contribution >= 0.6 is 22.6 Å². The first-order valence-corrected chi connectivity index (χ1v) is 6.93.